The average molecular weight is 445 g/mol. The van der Waals surface area contributed by atoms with Gasteiger partial charge in [-0.25, -0.2) is 22.5 Å². The maximum atomic E-state index is 14.3. The summed E-state index contributed by atoms with van der Waals surface area (Å²) in [5, 5.41) is 6.70. The second-order valence-electron chi connectivity index (χ2n) is 6.87. The van der Waals surface area contributed by atoms with Crippen LogP contribution >= 0.6 is 0 Å². The van der Waals surface area contributed by atoms with Crippen molar-refractivity contribution in [3.05, 3.63) is 71.8 Å². The molecule has 1 aromatic heterocycles. The van der Waals surface area contributed by atoms with Gasteiger partial charge >= 0.3 is 0 Å². The number of morpholine rings is 1. The summed E-state index contributed by atoms with van der Waals surface area (Å²) < 4.78 is 47.8. The zero-order valence-corrected chi connectivity index (χ0v) is 17.3. The molecule has 0 saturated carbocycles. The molecule has 0 aliphatic carbocycles. The van der Waals surface area contributed by atoms with Gasteiger partial charge in [-0.15, -0.1) is 5.10 Å². The molecular weight excluding hydrogens is 425 g/mol. The van der Waals surface area contributed by atoms with Crippen molar-refractivity contribution in [3.63, 3.8) is 0 Å². The van der Waals surface area contributed by atoms with E-state index in [1.54, 1.807) is 4.68 Å². The lowest BCUT2D eigenvalue weighted by atomic mass is 10.2. The first-order valence-electron chi connectivity index (χ1n) is 9.56. The van der Waals surface area contributed by atoms with Gasteiger partial charge in [0, 0.05) is 18.7 Å². The van der Waals surface area contributed by atoms with Gasteiger partial charge in [0.2, 0.25) is 16.0 Å². The first-order chi connectivity index (χ1) is 14.9. The fourth-order valence-corrected chi connectivity index (χ4v) is 4.64. The number of carbonyl (C=O) groups excluding carboxylic acids is 1. The highest BCUT2D eigenvalue weighted by Gasteiger charge is 2.29. The number of ether oxygens (including phenoxy) is 1. The molecule has 31 heavy (non-hydrogen) atoms. The molecule has 0 atom stereocenters. The van der Waals surface area contributed by atoms with Crippen molar-refractivity contribution in [1.82, 2.24) is 19.1 Å². The van der Waals surface area contributed by atoms with Gasteiger partial charge in [0.25, 0.3) is 5.91 Å². The highest BCUT2D eigenvalue weighted by atomic mass is 32.2. The largest absolute Gasteiger partial charge is 0.379 e. The molecule has 0 bridgehead atoms. The van der Waals surface area contributed by atoms with Crippen LogP contribution < -0.4 is 5.32 Å². The number of rotatable bonds is 6. The Bertz CT molecular complexity index is 1180. The minimum Gasteiger partial charge on any atom is -0.379 e. The summed E-state index contributed by atoms with van der Waals surface area (Å²) in [4.78, 5) is 16.1. The smallest absolute Gasteiger partial charge is 0.258 e. The van der Waals surface area contributed by atoms with Gasteiger partial charge < -0.3 is 4.74 Å². The van der Waals surface area contributed by atoms with Crippen molar-refractivity contribution >= 4 is 21.9 Å². The van der Waals surface area contributed by atoms with E-state index < -0.39 is 26.6 Å². The molecule has 0 radical (unpaired) electrons. The Labute approximate surface area is 178 Å². The normalized spacial score (nSPS) is 15.0. The number of amides is 1. The molecule has 9 nitrogen and oxygen atoms in total. The number of halogens is 1. The Morgan fingerprint density at radius 2 is 1.87 bits per heavy atom. The Kier molecular flexibility index (Phi) is 6.07. The van der Waals surface area contributed by atoms with Gasteiger partial charge in [-0.1, -0.05) is 30.3 Å². The van der Waals surface area contributed by atoms with Crippen LogP contribution in [0, 0.1) is 5.82 Å². The van der Waals surface area contributed by atoms with Gasteiger partial charge in [0.15, 0.2) is 0 Å². The molecule has 1 N–H and O–H groups in total. The first kappa shape index (κ1) is 21.1. The molecule has 3 aromatic rings. The minimum absolute atomic E-state index is 0.0207. The Hall–Kier alpha value is -3.15. The molecule has 1 aliphatic heterocycles. The minimum atomic E-state index is -4.09. The van der Waals surface area contributed by atoms with E-state index in [1.165, 1.54) is 12.4 Å². The highest BCUT2D eigenvalue weighted by Crippen LogP contribution is 2.22. The van der Waals surface area contributed by atoms with Crippen LogP contribution in [0.1, 0.15) is 15.9 Å². The first-order valence-corrected chi connectivity index (χ1v) is 11.0. The number of nitrogens with one attached hydrogen (secondary N) is 1. The molecule has 4 rings (SSSR count). The van der Waals surface area contributed by atoms with E-state index in [-0.39, 0.29) is 37.8 Å². The molecule has 11 heteroatoms. The lowest BCUT2D eigenvalue weighted by Crippen LogP contribution is -2.41. The molecule has 0 spiro atoms. The number of hydrogen-bond donors (Lipinski definition) is 1. The molecule has 1 fully saturated rings. The van der Waals surface area contributed by atoms with E-state index in [1.807, 2.05) is 30.3 Å². The van der Waals surface area contributed by atoms with Crippen LogP contribution in [-0.2, 0) is 21.3 Å². The van der Waals surface area contributed by atoms with E-state index in [2.05, 4.69) is 15.4 Å². The molecule has 1 aliphatic rings. The van der Waals surface area contributed by atoms with Crippen molar-refractivity contribution in [2.24, 2.45) is 0 Å². The molecule has 0 unspecified atom stereocenters. The summed E-state index contributed by atoms with van der Waals surface area (Å²) >= 11 is 0. The molecule has 2 heterocycles. The van der Waals surface area contributed by atoms with Crippen LogP contribution in [0.25, 0.3) is 0 Å². The Morgan fingerprint density at radius 3 is 2.61 bits per heavy atom. The Balaban J connectivity index is 1.50. The van der Waals surface area contributed by atoms with Crippen molar-refractivity contribution in [2.45, 2.75) is 11.4 Å². The van der Waals surface area contributed by atoms with Crippen LogP contribution in [0.2, 0.25) is 0 Å². The van der Waals surface area contributed by atoms with Gasteiger partial charge in [0.1, 0.15) is 17.0 Å². The van der Waals surface area contributed by atoms with E-state index >= 15 is 0 Å². The van der Waals surface area contributed by atoms with Crippen LogP contribution in [0.15, 0.2) is 59.8 Å². The third-order valence-electron chi connectivity index (χ3n) is 4.73. The number of sulfonamides is 1. The summed E-state index contributed by atoms with van der Waals surface area (Å²) in [5.41, 5.74) is 0.995. The van der Waals surface area contributed by atoms with Gasteiger partial charge in [-0.05, 0) is 23.8 Å². The monoisotopic (exact) mass is 445 g/mol. The van der Waals surface area contributed by atoms with Crippen molar-refractivity contribution in [3.8, 4) is 0 Å². The van der Waals surface area contributed by atoms with Crippen molar-refractivity contribution in [1.29, 1.82) is 0 Å². The number of carbonyl (C=O) groups is 1. The lowest BCUT2D eigenvalue weighted by Gasteiger charge is -2.26. The van der Waals surface area contributed by atoms with Gasteiger partial charge in [-0.3, -0.25) is 10.1 Å². The third-order valence-corrected chi connectivity index (χ3v) is 6.64. The number of nitrogens with zero attached hydrogens (tertiary/aromatic N) is 4. The Morgan fingerprint density at radius 1 is 1.13 bits per heavy atom. The molecule has 2 aromatic carbocycles. The summed E-state index contributed by atoms with van der Waals surface area (Å²) in [5.74, 6) is -1.51. The standard InChI is InChI=1S/C20H20FN5O4S/c21-17-7-6-16(12-18(17)31(28,29)26-8-10-30-11-9-26)19(27)23-20-22-14-25(24-20)13-15-4-2-1-3-5-15/h1-7,12,14H,8-11,13H2,(H,23,24,27). The lowest BCUT2D eigenvalue weighted by molar-refractivity contribution is 0.0729. The topological polar surface area (TPSA) is 106 Å². The van der Waals surface area contributed by atoms with Gasteiger partial charge in [0.05, 0.1) is 19.8 Å². The van der Waals surface area contributed by atoms with Crippen molar-refractivity contribution in [2.75, 3.05) is 31.6 Å². The summed E-state index contributed by atoms with van der Waals surface area (Å²) in [6.07, 6.45) is 1.47. The zero-order valence-electron chi connectivity index (χ0n) is 16.4. The number of hydrogen-bond acceptors (Lipinski definition) is 6. The molecule has 1 saturated heterocycles. The number of anilines is 1. The zero-order chi connectivity index (χ0) is 21.8. The molecule has 1 amide bonds. The van der Waals surface area contributed by atoms with Crippen LogP contribution in [0.3, 0.4) is 0 Å². The maximum Gasteiger partial charge on any atom is 0.258 e. The predicted octanol–water partition coefficient (Wildman–Crippen LogP) is 1.74. The van der Waals surface area contributed by atoms with E-state index in [0.29, 0.717) is 6.54 Å². The van der Waals surface area contributed by atoms with E-state index in [9.17, 15) is 17.6 Å². The van der Waals surface area contributed by atoms with Crippen LogP contribution in [-0.4, -0.2) is 59.7 Å². The molecule has 162 valence electrons. The fraction of sp³-hybridized carbons (Fsp3) is 0.250. The SMILES string of the molecule is O=C(Nc1ncn(Cc2ccccc2)n1)c1ccc(F)c(S(=O)(=O)N2CCOCC2)c1. The van der Waals surface area contributed by atoms with E-state index in [0.717, 1.165) is 22.0 Å². The number of aromatic nitrogens is 3. The summed E-state index contributed by atoms with van der Waals surface area (Å²) in [6.45, 7) is 1.20. The summed E-state index contributed by atoms with van der Waals surface area (Å²) in [7, 11) is -4.09. The second-order valence-corrected chi connectivity index (χ2v) is 8.77. The van der Waals surface area contributed by atoms with Crippen molar-refractivity contribution < 1.29 is 22.3 Å². The summed E-state index contributed by atoms with van der Waals surface area (Å²) in [6, 6.07) is 12.8. The number of benzene rings is 2. The third kappa shape index (κ3) is 4.79. The fourth-order valence-electron chi connectivity index (χ4n) is 3.14. The maximum absolute atomic E-state index is 14.3. The van der Waals surface area contributed by atoms with E-state index in [4.69, 9.17) is 4.74 Å². The van der Waals surface area contributed by atoms with Gasteiger partial charge in [-0.2, -0.15) is 4.31 Å². The quantitative estimate of drug-likeness (QED) is 0.620. The van der Waals surface area contributed by atoms with Crippen LogP contribution in [0.4, 0.5) is 10.3 Å². The predicted molar refractivity (Wildman–Crippen MR) is 109 cm³/mol. The van der Waals surface area contributed by atoms with Crippen LogP contribution in [0.5, 0.6) is 0 Å². The highest BCUT2D eigenvalue weighted by molar-refractivity contribution is 7.89. The molecular formula is C20H20FN5O4S. The second kappa shape index (κ2) is 8.92. The average Bonchev–Trinajstić information content (AvgIpc) is 3.21.